The molecule has 0 aliphatic carbocycles. The van der Waals surface area contributed by atoms with Gasteiger partial charge in [0.25, 0.3) is 0 Å². The van der Waals surface area contributed by atoms with E-state index < -0.39 is 0 Å². The minimum Gasteiger partial charge on any atom is -0.476 e. The molecule has 2 rings (SSSR count). The van der Waals surface area contributed by atoms with Gasteiger partial charge in [0, 0.05) is 13.6 Å². The number of rotatable bonds is 5. The third-order valence-electron chi connectivity index (χ3n) is 2.71. The van der Waals surface area contributed by atoms with Gasteiger partial charge in [-0.15, -0.1) is 17.5 Å². The van der Waals surface area contributed by atoms with Crippen LogP contribution in [0.25, 0.3) is 10.9 Å². The summed E-state index contributed by atoms with van der Waals surface area (Å²) >= 11 is 0. The summed E-state index contributed by atoms with van der Waals surface area (Å²) in [5.41, 5.74) is 1.11. The molecule has 0 fully saturated rings. The number of para-hydroxylation sites is 1. The van der Waals surface area contributed by atoms with Gasteiger partial charge < -0.3 is 9.64 Å². The van der Waals surface area contributed by atoms with Gasteiger partial charge in [-0.1, -0.05) is 12.1 Å². The zero-order valence-electron chi connectivity index (χ0n) is 11.1. The quantitative estimate of drug-likeness (QED) is 0.781. The van der Waals surface area contributed by atoms with Crippen molar-refractivity contribution in [1.82, 2.24) is 14.7 Å². The van der Waals surface area contributed by atoms with Gasteiger partial charge in [0.05, 0.1) is 17.5 Å². The predicted octanol–water partition coefficient (Wildman–Crippen LogP) is 2.33. The molecule has 0 spiro atoms. The molecule has 0 saturated carbocycles. The number of benzene rings is 1. The van der Waals surface area contributed by atoms with Gasteiger partial charge in [-0.05, 0) is 32.6 Å². The fraction of sp³-hybridized carbons (Fsp3) is 0.462. The van der Waals surface area contributed by atoms with E-state index in [9.17, 15) is 0 Å². The summed E-state index contributed by atoms with van der Waals surface area (Å²) in [4.78, 5) is 2.15. The summed E-state index contributed by atoms with van der Waals surface area (Å²) < 4.78 is 7.59. The Morgan fingerprint density at radius 2 is 2.00 bits per heavy atom. The molecule has 4 nitrogen and oxygen atoms in total. The Morgan fingerprint density at radius 1 is 1.28 bits per heavy atom. The van der Waals surface area contributed by atoms with E-state index in [1.807, 2.05) is 29.9 Å². The highest BCUT2D eigenvalue weighted by molar-refractivity contribution is 5.85. The summed E-state index contributed by atoms with van der Waals surface area (Å²) in [5, 5.41) is 5.47. The number of nitrogens with zero attached hydrogens (tertiary/aromatic N) is 3. The summed E-state index contributed by atoms with van der Waals surface area (Å²) in [7, 11) is 6.07. The molecule has 0 amide bonds. The van der Waals surface area contributed by atoms with Crippen molar-refractivity contribution in [3.8, 4) is 5.88 Å². The highest BCUT2D eigenvalue weighted by Gasteiger charge is 2.08. The third-order valence-corrected chi connectivity index (χ3v) is 2.71. The molecule has 1 heterocycles. The summed E-state index contributed by atoms with van der Waals surface area (Å²) in [5.74, 6) is 0.738. The minimum atomic E-state index is 0. The van der Waals surface area contributed by atoms with Crippen molar-refractivity contribution in [1.29, 1.82) is 0 Å². The fourth-order valence-electron chi connectivity index (χ4n) is 1.84. The van der Waals surface area contributed by atoms with E-state index in [1.54, 1.807) is 0 Å². The van der Waals surface area contributed by atoms with Crippen molar-refractivity contribution in [3.63, 3.8) is 0 Å². The number of fused-ring (bicyclic) bond motifs is 1. The molecule has 5 heteroatoms. The highest BCUT2D eigenvalue weighted by Crippen LogP contribution is 2.23. The van der Waals surface area contributed by atoms with Crippen LogP contribution in [0.5, 0.6) is 5.88 Å². The van der Waals surface area contributed by atoms with Crippen LogP contribution in [0.15, 0.2) is 24.3 Å². The SMILES string of the molecule is CN(C)CCCOc1nn(C)c2ccccc12.Cl. The molecule has 100 valence electrons. The summed E-state index contributed by atoms with van der Waals surface area (Å²) in [6.45, 7) is 1.74. The van der Waals surface area contributed by atoms with Crippen LogP contribution < -0.4 is 4.74 Å². The van der Waals surface area contributed by atoms with E-state index in [2.05, 4.69) is 30.2 Å². The number of aromatic nitrogens is 2. The lowest BCUT2D eigenvalue weighted by atomic mass is 10.2. The molecule has 0 N–H and O–H groups in total. The zero-order valence-corrected chi connectivity index (χ0v) is 11.9. The molecule has 0 atom stereocenters. The standard InChI is InChI=1S/C13H19N3O.ClH/c1-15(2)9-6-10-17-13-11-7-4-5-8-12(11)16(3)14-13;/h4-5,7-8H,6,9-10H2,1-3H3;1H. The molecule has 1 aromatic heterocycles. The second-order valence-corrected chi connectivity index (χ2v) is 4.45. The van der Waals surface area contributed by atoms with Gasteiger partial charge >= 0.3 is 0 Å². The lowest BCUT2D eigenvalue weighted by molar-refractivity contribution is 0.273. The van der Waals surface area contributed by atoms with E-state index in [1.165, 1.54) is 0 Å². The topological polar surface area (TPSA) is 30.3 Å². The van der Waals surface area contributed by atoms with Crippen LogP contribution in [0.4, 0.5) is 0 Å². The average molecular weight is 270 g/mol. The Kier molecular flexibility index (Phi) is 5.44. The van der Waals surface area contributed by atoms with Crippen molar-refractivity contribution >= 4 is 23.3 Å². The van der Waals surface area contributed by atoms with E-state index in [-0.39, 0.29) is 12.4 Å². The molecule has 0 radical (unpaired) electrons. The zero-order chi connectivity index (χ0) is 12.3. The van der Waals surface area contributed by atoms with E-state index in [0.29, 0.717) is 6.61 Å². The molecule has 0 bridgehead atoms. The number of ether oxygens (including phenoxy) is 1. The maximum Gasteiger partial charge on any atom is 0.240 e. The Morgan fingerprint density at radius 3 is 2.72 bits per heavy atom. The largest absolute Gasteiger partial charge is 0.476 e. The maximum absolute atomic E-state index is 5.73. The van der Waals surface area contributed by atoms with Crippen LogP contribution in [0.3, 0.4) is 0 Å². The third kappa shape index (κ3) is 3.37. The van der Waals surface area contributed by atoms with Crippen LogP contribution in [0, 0.1) is 0 Å². The van der Waals surface area contributed by atoms with Crippen LogP contribution in [0.2, 0.25) is 0 Å². The fourth-order valence-corrected chi connectivity index (χ4v) is 1.84. The minimum absolute atomic E-state index is 0. The molecular formula is C13H20ClN3O. The molecule has 0 saturated heterocycles. The molecule has 0 aliphatic heterocycles. The molecule has 18 heavy (non-hydrogen) atoms. The first-order valence-electron chi connectivity index (χ1n) is 5.88. The Bertz CT molecular complexity index is 496. The first kappa shape index (κ1) is 14.8. The number of hydrogen-bond acceptors (Lipinski definition) is 3. The van der Waals surface area contributed by atoms with Gasteiger partial charge in [-0.25, -0.2) is 0 Å². The molecule has 1 aromatic carbocycles. The van der Waals surface area contributed by atoms with Crippen molar-refractivity contribution in [2.75, 3.05) is 27.2 Å². The maximum atomic E-state index is 5.73. The summed E-state index contributed by atoms with van der Waals surface area (Å²) in [6.07, 6.45) is 1.01. The first-order chi connectivity index (χ1) is 8.18. The highest BCUT2D eigenvalue weighted by atomic mass is 35.5. The average Bonchev–Trinajstić information content (AvgIpc) is 2.63. The Hall–Kier alpha value is -1.26. The first-order valence-corrected chi connectivity index (χ1v) is 5.88. The Balaban J connectivity index is 0.00000162. The summed E-state index contributed by atoms with van der Waals surface area (Å²) in [6, 6.07) is 8.12. The Labute approximate surface area is 114 Å². The van der Waals surface area contributed by atoms with Gasteiger partial charge in [0.15, 0.2) is 0 Å². The lowest BCUT2D eigenvalue weighted by Gasteiger charge is -2.09. The van der Waals surface area contributed by atoms with Crippen molar-refractivity contribution in [3.05, 3.63) is 24.3 Å². The van der Waals surface area contributed by atoms with E-state index in [4.69, 9.17) is 4.74 Å². The second-order valence-electron chi connectivity index (χ2n) is 4.45. The normalized spacial score (nSPS) is 10.7. The van der Waals surface area contributed by atoms with Gasteiger partial charge in [-0.2, -0.15) is 0 Å². The molecule has 0 aliphatic rings. The van der Waals surface area contributed by atoms with Crippen LogP contribution >= 0.6 is 12.4 Å². The number of hydrogen-bond donors (Lipinski definition) is 0. The molecule has 2 aromatic rings. The number of aryl methyl sites for hydroxylation is 1. The van der Waals surface area contributed by atoms with Gasteiger partial charge in [0.1, 0.15) is 0 Å². The smallest absolute Gasteiger partial charge is 0.240 e. The molecular weight excluding hydrogens is 250 g/mol. The van der Waals surface area contributed by atoms with Crippen LogP contribution in [-0.2, 0) is 7.05 Å². The van der Waals surface area contributed by atoms with Crippen LogP contribution in [-0.4, -0.2) is 41.9 Å². The lowest BCUT2D eigenvalue weighted by Crippen LogP contribution is -2.15. The van der Waals surface area contributed by atoms with Crippen molar-refractivity contribution in [2.24, 2.45) is 7.05 Å². The predicted molar refractivity (Wildman–Crippen MR) is 76.6 cm³/mol. The monoisotopic (exact) mass is 269 g/mol. The van der Waals surface area contributed by atoms with Gasteiger partial charge in [-0.3, -0.25) is 4.68 Å². The van der Waals surface area contributed by atoms with Crippen molar-refractivity contribution in [2.45, 2.75) is 6.42 Å². The second kappa shape index (κ2) is 6.61. The van der Waals surface area contributed by atoms with E-state index in [0.717, 1.165) is 29.7 Å². The van der Waals surface area contributed by atoms with Crippen LogP contribution in [0.1, 0.15) is 6.42 Å². The van der Waals surface area contributed by atoms with E-state index >= 15 is 0 Å². The van der Waals surface area contributed by atoms with Gasteiger partial charge in [0.2, 0.25) is 5.88 Å². The number of halogens is 1. The van der Waals surface area contributed by atoms with Crippen molar-refractivity contribution < 1.29 is 4.74 Å². The molecule has 0 unspecified atom stereocenters.